The highest BCUT2D eigenvalue weighted by Crippen LogP contribution is 2.45. The van der Waals surface area contributed by atoms with Crippen LogP contribution in [0.25, 0.3) is 0 Å². The van der Waals surface area contributed by atoms with Crippen molar-refractivity contribution < 1.29 is 4.79 Å². The Kier molecular flexibility index (Phi) is 3.75. The Labute approximate surface area is 143 Å². The molecule has 4 nitrogen and oxygen atoms in total. The van der Waals surface area contributed by atoms with Gasteiger partial charge in [0.25, 0.3) is 0 Å². The predicted octanol–water partition coefficient (Wildman–Crippen LogP) is 2.98. The SMILES string of the molecule is CCC(=O)N1CC[C@@]2(C1)CN(Cc1ccccc1)c1cccnc12. The monoisotopic (exact) mass is 321 g/mol. The number of hydrogen-bond acceptors (Lipinski definition) is 3. The average Bonchev–Trinajstić information content (AvgIpc) is 3.19. The summed E-state index contributed by atoms with van der Waals surface area (Å²) >= 11 is 0. The molecule has 1 amide bonds. The Morgan fingerprint density at radius 2 is 2.00 bits per heavy atom. The third kappa shape index (κ3) is 2.46. The van der Waals surface area contributed by atoms with Crippen molar-refractivity contribution in [2.24, 2.45) is 0 Å². The Morgan fingerprint density at radius 3 is 2.79 bits per heavy atom. The molecule has 1 spiro atoms. The lowest BCUT2D eigenvalue weighted by molar-refractivity contribution is -0.129. The molecular formula is C20H23N3O. The maximum atomic E-state index is 12.1. The second-order valence-corrected chi connectivity index (χ2v) is 6.91. The van der Waals surface area contributed by atoms with E-state index in [-0.39, 0.29) is 11.3 Å². The topological polar surface area (TPSA) is 36.4 Å². The summed E-state index contributed by atoms with van der Waals surface area (Å²) in [5, 5.41) is 0. The van der Waals surface area contributed by atoms with Crippen molar-refractivity contribution in [1.29, 1.82) is 0 Å². The van der Waals surface area contributed by atoms with Crippen LogP contribution in [0.1, 0.15) is 31.0 Å². The van der Waals surface area contributed by atoms with Crippen molar-refractivity contribution >= 4 is 11.6 Å². The molecule has 124 valence electrons. The van der Waals surface area contributed by atoms with Crippen LogP contribution in [0.5, 0.6) is 0 Å². The van der Waals surface area contributed by atoms with E-state index in [0.717, 1.165) is 32.6 Å². The molecule has 0 saturated carbocycles. The lowest BCUT2D eigenvalue weighted by Gasteiger charge is -2.25. The summed E-state index contributed by atoms with van der Waals surface area (Å²) in [6.07, 6.45) is 3.48. The van der Waals surface area contributed by atoms with Crippen molar-refractivity contribution in [1.82, 2.24) is 9.88 Å². The van der Waals surface area contributed by atoms with E-state index in [0.29, 0.717) is 6.42 Å². The molecule has 1 atom stereocenters. The average molecular weight is 321 g/mol. The number of fused-ring (bicyclic) bond motifs is 2. The fourth-order valence-corrected chi connectivity index (χ4v) is 4.16. The number of aromatic nitrogens is 1. The molecule has 0 radical (unpaired) electrons. The predicted molar refractivity (Wildman–Crippen MR) is 94.9 cm³/mol. The summed E-state index contributed by atoms with van der Waals surface area (Å²) in [4.78, 5) is 21.3. The van der Waals surface area contributed by atoms with Gasteiger partial charge in [-0.15, -0.1) is 0 Å². The first-order chi connectivity index (χ1) is 11.7. The summed E-state index contributed by atoms with van der Waals surface area (Å²) in [5.41, 5.74) is 3.71. The first kappa shape index (κ1) is 15.2. The van der Waals surface area contributed by atoms with E-state index in [1.54, 1.807) is 0 Å². The van der Waals surface area contributed by atoms with Gasteiger partial charge in [0.15, 0.2) is 0 Å². The van der Waals surface area contributed by atoms with Gasteiger partial charge in [0.2, 0.25) is 5.91 Å². The van der Waals surface area contributed by atoms with Crippen molar-refractivity contribution in [2.75, 3.05) is 24.5 Å². The van der Waals surface area contributed by atoms with Gasteiger partial charge in [0, 0.05) is 38.8 Å². The highest BCUT2D eigenvalue weighted by Gasteiger charge is 2.49. The molecule has 2 aromatic rings. The smallest absolute Gasteiger partial charge is 0.222 e. The molecule has 3 heterocycles. The highest BCUT2D eigenvalue weighted by atomic mass is 16.2. The molecule has 0 unspecified atom stereocenters. The second-order valence-electron chi connectivity index (χ2n) is 6.91. The van der Waals surface area contributed by atoms with Crippen LogP contribution in [0.2, 0.25) is 0 Å². The van der Waals surface area contributed by atoms with E-state index in [2.05, 4.69) is 41.3 Å². The van der Waals surface area contributed by atoms with Crippen LogP contribution in [-0.4, -0.2) is 35.4 Å². The van der Waals surface area contributed by atoms with Crippen LogP contribution in [-0.2, 0) is 16.8 Å². The Hall–Kier alpha value is -2.36. The normalized spacial score (nSPS) is 22.2. The molecule has 4 heteroatoms. The quantitative estimate of drug-likeness (QED) is 0.872. The first-order valence-corrected chi connectivity index (χ1v) is 8.74. The van der Waals surface area contributed by atoms with Gasteiger partial charge in [-0.05, 0) is 24.1 Å². The van der Waals surface area contributed by atoms with E-state index in [4.69, 9.17) is 4.98 Å². The number of anilines is 1. The standard InChI is InChI=1S/C20H23N3O/c1-2-18(24)22-12-10-20(14-22)15-23(13-16-7-4-3-5-8-16)17-9-6-11-21-19(17)20/h3-9,11H,2,10,12-15H2,1H3/t20-/m1/s1. The zero-order valence-corrected chi connectivity index (χ0v) is 14.1. The van der Waals surface area contributed by atoms with Crippen LogP contribution in [0.4, 0.5) is 5.69 Å². The molecule has 0 N–H and O–H groups in total. The third-order valence-electron chi connectivity index (χ3n) is 5.35. The number of hydrogen-bond donors (Lipinski definition) is 0. The van der Waals surface area contributed by atoms with Crippen molar-refractivity contribution in [3.63, 3.8) is 0 Å². The van der Waals surface area contributed by atoms with E-state index in [1.165, 1.54) is 16.9 Å². The maximum Gasteiger partial charge on any atom is 0.222 e. The van der Waals surface area contributed by atoms with Gasteiger partial charge in [-0.25, -0.2) is 0 Å². The summed E-state index contributed by atoms with van der Waals surface area (Å²) in [6, 6.07) is 14.7. The Bertz CT molecular complexity index is 746. The number of pyridine rings is 1. The van der Waals surface area contributed by atoms with Crippen LogP contribution in [0.15, 0.2) is 48.7 Å². The van der Waals surface area contributed by atoms with E-state index >= 15 is 0 Å². The van der Waals surface area contributed by atoms with Gasteiger partial charge in [0.05, 0.1) is 16.8 Å². The molecule has 1 aromatic carbocycles. The molecular weight excluding hydrogens is 298 g/mol. The highest BCUT2D eigenvalue weighted by molar-refractivity contribution is 5.77. The molecule has 4 rings (SSSR count). The number of nitrogens with zero attached hydrogens (tertiary/aromatic N) is 3. The molecule has 1 aromatic heterocycles. The molecule has 2 aliphatic heterocycles. The van der Waals surface area contributed by atoms with Gasteiger partial charge in [-0.2, -0.15) is 0 Å². The van der Waals surface area contributed by atoms with E-state index in [1.807, 2.05) is 24.1 Å². The number of carbonyl (C=O) groups is 1. The number of likely N-dealkylation sites (tertiary alicyclic amines) is 1. The van der Waals surface area contributed by atoms with E-state index < -0.39 is 0 Å². The first-order valence-electron chi connectivity index (χ1n) is 8.74. The number of rotatable bonds is 3. The zero-order valence-electron chi connectivity index (χ0n) is 14.1. The molecule has 1 saturated heterocycles. The van der Waals surface area contributed by atoms with Crippen molar-refractivity contribution in [2.45, 2.75) is 31.7 Å². The lowest BCUT2D eigenvalue weighted by atomic mass is 9.85. The Balaban J connectivity index is 1.63. The zero-order chi connectivity index (χ0) is 16.6. The van der Waals surface area contributed by atoms with Crippen LogP contribution in [0, 0.1) is 0 Å². The fraction of sp³-hybridized carbons (Fsp3) is 0.400. The van der Waals surface area contributed by atoms with Gasteiger partial charge in [-0.3, -0.25) is 9.78 Å². The van der Waals surface area contributed by atoms with E-state index in [9.17, 15) is 4.79 Å². The molecule has 1 fully saturated rings. The number of carbonyl (C=O) groups excluding carboxylic acids is 1. The van der Waals surface area contributed by atoms with Crippen LogP contribution >= 0.6 is 0 Å². The van der Waals surface area contributed by atoms with Crippen LogP contribution in [0.3, 0.4) is 0 Å². The molecule has 24 heavy (non-hydrogen) atoms. The molecule has 2 aliphatic rings. The Morgan fingerprint density at radius 1 is 1.17 bits per heavy atom. The van der Waals surface area contributed by atoms with Crippen molar-refractivity contribution in [3.05, 3.63) is 59.9 Å². The third-order valence-corrected chi connectivity index (χ3v) is 5.35. The molecule has 0 aliphatic carbocycles. The van der Waals surface area contributed by atoms with Gasteiger partial charge in [0.1, 0.15) is 0 Å². The summed E-state index contributed by atoms with van der Waals surface area (Å²) < 4.78 is 0. The van der Waals surface area contributed by atoms with Crippen LogP contribution < -0.4 is 4.90 Å². The van der Waals surface area contributed by atoms with Gasteiger partial charge in [-0.1, -0.05) is 37.3 Å². The summed E-state index contributed by atoms with van der Waals surface area (Å²) in [5.74, 6) is 0.255. The van der Waals surface area contributed by atoms with Crippen molar-refractivity contribution in [3.8, 4) is 0 Å². The summed E-state index contributed by atoms with van der Waals surface area (Å²) in [7, 11) is 0. The fourth-order valence-electron chi connectivity index (χ4n) is 4.16. The summed E-state index contributed by atoms with van der Waals surface area (Å²) in [6.45, 7) is 5.43. The largest absolute Gasteiger partial charge is 0.365 e. The lowest BCUT2D eigenvalue weighted by Crippen LogP contribution is -2.38. The maximum absolute atomic E-state index is 12.1. The second kappa shape index (κ2) is 5.93. The minimum atomic E-state index is -0.00377. The molecule has 0 bridgehead atoms. The minimum Gasteiger partial charge on any atom is -0.365 e. The minimum absolute atomic E-state index is 0.00377. The van der Waals surface area contributed by atoms with Gasteiger partial charge < -0.3 is 9.80 Å². The number of amides is 1. The van der Waals surface area contributed by atoms with Gasteiger partial charge >= 0.3 is 0 Å². The number of benzene rings is 1.